The van der Waals surface area contributed by atoms with E-state index in [9.17, 15) is 23.5 Å². The first-order valence-corrected chi connectivity index (χ1v) is 7.62. The Morgan fingerprint density at radius 2 is 2.00 bits per heavy atom. The van der Waals surface area contributed by atoms with Gasteiger partial charge in [-0.2, -0.15) is 0 Å². The third kappa shape index (κ3) is 4.63. The quantitative estimate of drug-likeness (QED) is 0.514. The lowest BCUT2D eigenvalue weighted by Gasteiger charge is -2.24. The summed E-state index contributed by atoms with van der Waals surface area (Å²) < 4.78 is 36.1. The van der Waals surface area contributed by atoms with E-state index in [-0.39, 0.29) is 23.6 Å². The van der Waals surface area contributed by atoms with Gasteiger partial charge in [0, 0.05) is 23.8 Å². The van der Waals surface area contributed by atoms with Gasteiger partial charge in [0.2, 0.25) is 5.76 Å². The zero-order chi connectivity index (χ0) is 19.5. The Morgan fingerprint density at radius 1 is 1.38 bits per heavy atom. The average Bonchev–Trinajstić information content (AvgIpc) is 3.01. The predicted octanol–water partition coefficient (Wildman–Crippen LogP) is 1.05. The lowest BCUT2D eigenvalue weighted by Crippen LogP contribution is -2.49. The van der Waals surface area contributed by atoms with Crippen LogP contribution in [0.25, 0.3) is 0 Å². The fraction of sp³-hybridized carbons (Fsp3) is 0.353. The molecule has 2 rings (SSSR count). The molecule has 1 aromatic rings. The number of carbonyl (C=O) groups excluding carboxylic acids is 2. The number of halogens is 2. The Hall–Kier alpha value is -2.81. The highest BCUT2D eigenvalue weighted by Crippen LogP contribution is 2.18. The topological polar surface area (TPSA) is 109 Å². The van der Waals surface area contributed by atoms with Crippen LogP contribution in [-0.2, 0) is 19.1 Å². The first-order valence-electron chi connectivity index (χ1n) is 7.62. The Balaban J connectivity index is 2.02. The molecule has 0 fully saturated rings. The summed E-state index contributed by atoms with van der Waals surface area (Å²) in [6.45, 7) is 1.16. The Kier molecular flexibility index (Phi) is 5.71. The van der Waals surface area contributed by atoms with E-state index in [1.807, 2.05) is 0 Å². The number of methoxy groups -OCH3 is 1. The highest BCUT2D eigenvalue weighted by molar-refractivity contribution is 6.02. The van der Waals surface area contributed by atoms with Gasteiger partial charge in [-0.25, -0.2) is 13.6 Å². The lowest BCUT2D eigenvalue weighted by atomic mass is 9.94. The van der Waals surface area contributed by atoms with Crippen LogP contribution in [0, 0.1) is 17.0 Å². The van der Waals surface area contributed by atoms with Crippen LogP contribution in [0.15, 0.2) is 30.0 Å². The predicted molar refractivity (Wildman–Crippen MR) is 86.4 cm³/mol. The molecule has 1 amide bonds. The molecule has 0 bridgehead atoms. The molecule has 9 heteroatoms. The molecule has 140 valence electrons. The SMILES string of the molecule is COC(=O)C1=C[C@@H](NC(=O)[C@](C)(O)CC(=N)c2cc(F)cc(F)c2)CO1. The summed E-state index contributed by atoms with van der Waals surface area (Å²) in [6.07, 6.45) is 0.871. The molecule has 0 radical (unpaired) electrons. The van der Waals surface area contributed by atoms with E-state index in [1.165, 1.54) is 20.1 Å². The van der Waals surface area contributed by atoms with E-state index in [0.29, 0.717) is 6.07 Å². The fourth-order valence-corrected chi connectivity index (χ4v) is 2.35. The smallest absolute Gasteiger partial charge is 0.373 e. The lowest BCUT2D eigenvalue weighted by molar-refractivity contribution is -0.139. The van der Waals surface area contributed by atoms with Gasteiger partial charge < -0.3 is 25.3 Å². The molecule has 1 aromatic carbocycles. The maximum Gasteiger partial charge on any atom is 0.373 e. The van der Waals surface area contributed by atoms with Crippen molar-refractivity contribution in [2.75, 3.05) is 13.7 Å². The summed E-state index contributed by atoms with van der Waals surface area (Å²) >= 11 is 0. The molecule has 26 heavy (non-hydrogen) atoms. The van der Waals surface area contributed by atoms with E-state index in [2.05, 4.69) is 10.1 Å². The molecule has 0 saturated heterocycles. The summed E-state index contributed by atoms with van der Waals surface area (Å²) in [5.74, 6) is -3.30. The largest absolute Gasteiger partial charge is 0.484 e. The number of amides is 1. The van der Waals surface area contributed by atoms with Gasteiger partial charge in [0.05, 0.1) is 13.2 Å². The standard InChI is InChI=1S/C17H18F2N2O5/c1-17(24,7-13(20)9-3-10(18)5-11(19)4-9)16(23)21-12-6-14(26-8-12)15(22)25-2/h3-6,12,20,24H,7-8H2,1-2H3,(H,21,23)/t12-,17-/m1/s1. The van der Waals surface area contributed by atoms with Crippen LogP contribution in [0.3, 0.4) is 0 Å². The van der Waals surface area contributed by atoms with E-state index in [0.717, 1.165) is 12.1 Å². The summed E-state index contributed by atoms with van der Waals surface area (Å²) in [5.41, 5.74) is -2.40. The number of ether oxygens (including phenoxy) is 2. The first-order chi connectivity index (χ1) is 12.1. The maximum atomic E-state index is 13.2. The molecule has 0 aromatic heterocycles. The zero-order valence-electron chi connectivity index (χ0n) is 14.1. The number of esters is 1. The number of hydrogen-bond acceptors (Lipinski definition) is 6. The van der Waals surface area contributed by atoms with Gasteiger partial charge in [0.25, 0.3) is 5.91 Å². The summed E-state index contributed by atoms with van der Waals surface area (Å²) in [4.78, 5) is 23.6. The number of carbonyl (C=O) groups is 2. The van der Waals surface area contributed by atoms with E-state index in [1.54, 1.807) is 0 Å². The average molecular weight is 368 g/mol. The molecule has 1 heterocycles. The molecule has 3 N–H and O–H groups in total. The number of rotatable bonds is 6. The molecular formula is C17H18F2N2O5. The van der Waals surface area contributed by atoms with Crippen LogP contribution in [0.1, 0.15) is 18.9 Å². The third-order valence-electron chi connectivity index (χ3n) is 3.70. The van der Waals surface area contributed by atoms with Crippen molar-refractivity contribution < 1.29 is 33.0 Å². The van der Waals surface area contributed by atoms with Crippen molar-refractivity contribution in [3.63, 3.8) is 0 Å². The molecule has 0 spiro atoms. The van der Waals surface area contributed by atoms with Crippen molar-refractivity contribution >= 4 is 17.6 Å². The second-order valence-electron chi connectivity index (χ2n) is 6.00. The van der Waals surface area contributed by atoms with Crippen LogP contribution in [0.2, 0.25) is 0 Å². The normalized spacial score (nSPS) is 18.3. The molecule has 2 atom stereocenters. The van der Waals surface area contributed by atoms with Crippen LogP contribution in [0.4, 0.5) is 8.78 Å². The van der Waals surface area contributed by atoms with Gasteiger partial charge in [-0.05, 0) is 25.1 Å². The molecule has 0 aliphatic carbocycles. The summed E-state index contributed by atoms with van der Waals surface area (Å²) in [5, 5.41) is 20.7. The van der Waals surface area contributed by atoms with Crippen molar-refractivity contribution in [1.29, 1.82) is 5.41 Å². The molecular weight excluding hydrogens is 350 g/mol. The van der Waals surface area contributed by atoms with Crippen LogP contribution >= 0.6 is 0 Å². The monoisotopic (exact) mass is 368 g/mol. The molecule has 1 aliphatic rings. The molecule has 1 aliphatic heterocycles. The second kappa shape index (κ2) is 7.61. The highest BCUT2D eigenvalue weighted by atomic mass is 19.1. The molecule has 7 nitrogen and oxygen atoms in total. The van der Waals surface area contributed by atoms with E-state index >= 15 is 0 Å². The maximum absolute atomic E-state index is 13.2. The van der Waals surface area contributed by atoms with E-state index in [4.69, 9.17) is 10.1 Å². The van der Waals surface area contributed by atoms with Crippen LogP contribution < -0.4 is 5.32 Å². The first kappa shape index (κ1) is 19.5. The molecule has 0 unspecified atom stereocenters. The number of nitrogens with one attached hydrogen (secondary N) is 2. The fourth-order valence-electron chi connectivity index (χ4n) is 2.35. The van der Waals surface area contributed by atoms with Gasteiger partial charge in [-0.1, -0.05) is 0 Å². The van der Waals surface area contributed by atoms with Gasteiger partial charge in [0.1, 0.15) is 23.8 Å². The van der Waals surface area contributed by atoms with Crippen molar-refractivity contribution in [3.05, 3.63) is 47.2 Å². The summed E-state index contributed by atoms with van der Waals surface area (Å²) in [6, 6.07) is 1.88. The Morgan fingerprint density at radius 3 is 2.58 bits per heavy atom. The van der Waals surface area contributed by atoms with Crippen molar-refractivity contribution in [2.24, 2.45) is 0 Å². The van der Waals surface area contributed by atoms with Gasteiger partial charge in [-0.15, -0.1) is 0 Å². The van der Waals surface area contributed by atoms with Gasteiger partial charge in [-0.3, -0.25) is 4.79 Å². The van der Waals surface area contributed by atoms with Gasteiger partial charge >= 0.3 is 5.97 Å². The number of hydrogen-bond donors (Lipinski definition) is 3. The van der Waals surface area contributed by atoms with E-state index < -0.39 is 41.6 Å². The van der Waals surface area contributed by atoms with Crippen LogP contribution in [-0.4, -0.2) is 48.1 Å². The molecule has 0 saturated carbocycles. The minimum atomic E-state index is -2.01. The van der Waals surface area contributed by atoms with Gasteiger partial charge in [0.15, 0.2) is 0 Å². The van der Waals surface area contributed by atoms with Crippen molar-refractivity contribution in [1.82, 2.24) is 5.32 Å². The zero-order valence-corrected chi connectivity index (χ0v) is 14.1. The minimum Gasteiger partial charge on any atom is -0.484 e. The third-order valence-corrected chi connectivity index (χ3v) is 3.70. The number of benzene rings is 1. The number of aliphatic hydroxyl groups is 1. The Bertz CT molecular complexity index is 756. The summed E-state index contributed by atoms with van der Waals surface area (Å²) in [7, 11) is 1.18. The minimum absolute atomic E-state index is 0.0151. The van der Waals surface area contributed by atoms with Crippen molar-refractivity contribution in [3.8, 4) is 0 Å². The second-order valence-corrected chi connectivity index (χ2v) is 6.00. The Labute approximate surface area is 148 Å². The van der Waals surface area contributed by atoms with Crippen molar-refractivity contribution in [2.45, 2.75) is 25.0 Å². The highest BCUT2D eigenvalue weighted by Gasteiger charge is 2.35. The van der Waals surface area contributed by atoms with Crippen LogP contribution in [0.5, 0.6) is 0 Å².